The molecule has 3 heterocycles. The number of carbonyl (C=O) groups is 3. The van der Waals surface area contributed by atoms with Gasteiger partial charge in [0.1, 0.15) is 11.2 Å². The molecule has 0 bridgehead atoms. The predicted octanol–water partition coefficient (Wildman–Crippen LogP) is 4.73. The first-order valence-electron chi connectivity index (χ1n) is 16.5. The Morgan fingerprint density at radius 3 is 2.41 bits per heavy atom. The number of piperazine rings is 1. The van der Waals surface area contributed by atoms with Crippen molar-refractivity contribution in [2.45, 2.75) is 89.0 Å². The van der Waals surface area contributed by atoms with Crippen LogP contribution in [-0.2, 0) is 14.2 Å². The van der Waals surface area contributed by atoms with E-state index in [0.29, 0.717) is 38.2 Å². The van der Waals surface area contributed by atoms with Crippen LogP contribution in [0.5, 0.6) is 0 Å². The topological polar surface area (TPSA) is 127 Å². The molecule has 3 fully saturated rings. The number of methoxy groups -OCH3 is 1. The number of nitrogens with zero attached hydrogens (tertiary/aromatic N) is 5. The molecule has 0 radical (unpaired) electrons. The number of likely N-dealkylation sites (tertiary alicyclic amines) is 1. The molecule has 1 aromatic heterocycles. The van der Waals surface area contributed by atoms with Crippen molar-refractivity contribution in [2.24, 2.45) is 0 Å². The van der Waals surface area contributed by atoms with Gasteiger partial charge in [-0.15, -0.1) is 0 Å². The highest BCUT2D eigenvalue weighted by molar-refractivity contribution is 5.98. The Hall–Kier alpha value is -3.64. The average molecular weight is 640 g/mol. The highest BCUT2D eigenvalue weighted by Gasteiger charge is 2.43. The molecule has 3 atom stereocenters. The molecule has 12 nitrogen and oxygen atoms in total. The number of aromatic nitrogens is 2. The number of rotatable bonds is 8. The third-order valence-electron chi connectivity index (χ3n) is 9.17. The fourth-order valence-corrected chi connectivity index (χ4v) is 6.93. The van der Waals surface area contributed by atoms with Crippen molar-refractivity contribution in [2.75, 3.05) is 53.0 Å². The van der Waals surface area contributed by atoms with Crippen molar-refractivity contribution in [3.63, 3.8) is 0 Å². The number of imidazole rings is 1. The molecule has 1 aliphatic carbocycles. The van der Waals surface area contributed by atoms with Gasteiger partial charge in [-0.1, -0.05) is 43.2 Å². The van der Waals surface area contributed by atoms with Crippen LogP contribution in [0.3, 0.4) is 0 Å². The number of hydrogen-bond acceptors (Lipinski definition) is 8. The smallest absolute Gasteiger partial charge is 0.410 e. The van der Waals surface area contributed by atoms with Gasteiger partial charge in [0.15, 0.2) is 5.69 Å². The SMILES string of the molecule is COC[C@]1(O)CCCC[C@H]1n1cnc(C(=O)N2CCN(C(=O)OC(C)(C)C)C[C@H]2CCOC(=O)N2CCCC2)c1-c1ccccc1. The van der Waals surface area contributed by atoms with Gasteiger partial charge in [0.05, 0.1) is 37.3 Å². The lowest BCUT2D eigenvalue weighted by molar-refractivity contribution is -0.0893. The molecular weight excluding hydrogens is 590 g/mol. The van der Waals surface area contributed by atoms with Crippen LogP contribution in [0.2, 0.25) is 0 Å². The standard InChI is InChI=1S/C34H49N5O7/c1-33(2,3)46-32(42)37-19-20-38(26(22-37)15-21-45-31(41)36-17-10-11-18-36)30(40)28-29(25-12-6-5-7-13-25)39(24-35-28)27-14-8-9-16-34(27,43)23-44-4/h5-7,12-13,24,26-27,43H,8-11,14-23H2,1-4H3/t26-,27-,34-/m1/s1. The Labute approximate surface area is 271 Å². The van der Waals surface area contributed by atoms with E-state index >= 15 is 0 Å². The summed E-state index contributed by atoms with van der Waals surface area (Å²) >= 11 is 0. The number of aliphatic hydroxyl groups is 1. The number of carbonyl (C=O) groups excluding carboxylic acids is 3. The summed E-state index contributed by atoms with van der Waals surface area (Å²) in [5, 5.41) is 11.7. The molecule has 0 spiro atoms. The Bertz CT molecular complexity index is 1350. The van der Waals surface area contributed by atoms with Crippen LogP contribution in [0, 0.1) is 0 Å². The first kappa shape index (κ1) is 33.7. The van der Waals surface area contributed by atoms with E-state index < -0.39 is 23.3 Å². The molecule has 46 heavy (non-hydrogen) atoms. The van der Waals surface area contributed by atoms with Crippen LogP contribution >= 0.6 is 0 Å². The van der Waals surface area contributed by atoms with Crippen molar-refractivity contribution >= 4 is 18.1 Å². The van der Waals surface area contributed by atoms with Gasteiger partial charge in [-0.25, -0.2) is 14.6 Å². The van der Waals surface area contributed by atoms with Crippen molar-refractivity contribution in [1.82, 2.24) is 24.3 Å². The fraction of sp³-hybridized carbons (Fsp3) is 0.647. The zero-order valence-electron chi connectivity index (χ0n) is 27.7. The van der Waals surface area contributed by atoms with E-state index in [9.17, 15) is 19.5 Å². The van der Waals surface area contributed by atoms with Crippen LogP contribution < -0.4 is 0 Å². The van der Waals surface area contributed by atoms with Gasteiger partial charge in [-0.2, -0.15) is 0 Å². The summed E-state index contributed by atoms with van der Waals surface area (Å²) < 4.78 is 18.7. The molecule has 3 aliphatic rings. The number of hydrogen-bond donors (Lipinski definition) is 1. The molecule has 252 valence electrons. The van der Waals surface area contributed by atoms with Gasteiger partial charge in [0.2, 0.25) is 0 Å². The summed E-state index contributed by atoms with van der Waals surface area (Å²) in [5.41, 5.74) is -0.0240. The monoisotopic (exact) mass is 639 g/mol. The number of benzene rings is 1. The van der Waals surface area contributed by atoms with Crippen LogP contribution in [-0.4, -0.2) is 118 Å². The van der Waals surface area contributed by atoms with Gasteiger partial charge in [-0.3, -0.25) is 4.79 Å². The summed E-state index contributed by atoms with van der Waals surface area (Å²) in [4.78, 5) is 49.9. The zero-order chi connectivity index (χ0) is 32.9. The summed E-state index contributed by atoms with van der Waals surface area (Å²) in [5.74, 6) is -0.275. The zero-order valence-corrected chi connectivity index (χ0v) is 27.7. The molecule has 1 saturated carbocycles. The van der Waals surface area contributed by atoms with Crippen molar-refractivity contribution < 1.29 is 33.7 Å². The molecule has 12 heteroatoms. The van der Waals surface area contributed by atoms with Gasteiger partial charge in [0.25, 0.3) is 5.91 Å². The van der Waals surface area contributed by atoms with Crippen molar-refractivity contribution in [3.8, 4) is 11.3 Å². The maximum atomic E-state index is 14.5. The van der Waals surface area contributed by atoms with Crippen molar-refractivity contribution in [3.05, 3.63) is 42.4 Å². The lowest BCUT2D eigenvalue weighted by atomic mass is 9.80. The van der Waals surface area contributed by atoms with E-state index in [1.54, 1.807) is 28.1 Å². The summed E-state index contributed by atoms with van der Waals surface area (Å²) in [6.45, 7) is 7.92. The molecule has 2 aromatic rings. The molecule has 0 unspecified atom stereocenters. The van der Waals surface area contributed by atoms with Crippen LogP contribution in [0.25, 0.3) is 11.3 Å². The number of amides is 3. The minimum Gasteiger partial charge on any atom is -0.449 e. The maximum Gasteiger partial charge on any atom is 0.410 e. The van der Waals surface area contributed by atoms with Gasteiger partial charge in [-0.05, 0) is 46.5 Å². The highest BCUT2D eigenvalue weighted by Crippen LogP contribution is 2.41. The van der Waals surface area contributed by atoms with E-state index in [0.717, 1.165) is 37.7 Å². The predicted molar refractivity (Wildman–Crippen MR) is 171 cm³/mol. The minimum atomic E-state index is -1.10. The van der Waals surface area contributed by atoms with Gasteiger partial charge in [0, 0.05) is 51.8 Å². The van der Waals surface area contributed by atoms with E-state index in [-0.39, 0.29) is 50.0 Å². The Morgan fingerprint density at radius 2 is 1.72 bits per heavy atom. The lowest BCUT2D eigenvalue weighted by Crippen LogP contribution is -2.57. The maximum absolute atomic E-state index is 14.5. The van der Waals surface area contributed by atoms with E-state index in [2.05, 4.69) is 4.98 Å². The average Bonchev–Trinajstić information content (AvgIpc) is 3.72. The van der Waals surface area contributed by atoms with Gasteiger partial charge >= 0.3 is 12.2 Å². The fourth-order valence-electron chi connectivity index (χ4n) is 6.93. The highest BCUT2D eigenvalue weighted by atomic mass is 16.6. The summed E-state index contributed by atoms with van der Waals surface area (Å²) in [7, 11) is 1.59. The molecular formula is C34H49N5O7. The molecule has 2 aliphatic heterocycles. The van der Waals surface area contributed by atoms with Crippen molar-refractivity contribution in [1.29, 1.82) is 0 Å². The normalized spacial score (nSPS) is 23.8. The second kappa shape index (κ2) is 14.4. The molecule has 1 aromatic carbocycles. The molecule has 3 amide bonds. The van der Waals surface area contributed by atoms with Crippen LogP contribution in [0.1, 0.15) is 82.2 Å². The van der Waals surface area contributed by atoms with Gasteiger partial charge < -0.3 is 38.6 Å². The third kappa shape index (κ3) is 7.66. The van der Waals surface area contributed by atoms with E-state index in [4.69, 9.17) is 14.2 Å². The Kier molecular flexibility index (Phi) is 10.6. The third-order valence-corrected chi connectivity index (χ3v) is 9.17. The Balaban J connectivity index is 1.44. The summed E-state index contributed by atoms with van der Waals surface area (Å²) in [6.07, 6.45) is 6.29. The first-order valence-corrected chi connectivity index (χ1v) is 16.5. The number of ether oxygens (including phenoxy) is 3. The quantitative estimate of drug-likeness (QED) is 0.440. The first-order chi connectivity index (χ1) is 22.0. The molecule has 5 rings (SSSR count). The lowest BCUT2D eigenvalue weighted by Gasteiger charge is -2.42. The van der Waals surface area contributed by atoms with E-state index in [1.165, 1.54) is 0 Å². The van der Waals surface area contributed by atoms with Crippen LogP contribution in [0.15, 0.2) is 36.7 Å². The molecule has 1 N–H and O–H groups in total. The second-order valence-corrected chi connectivity index (χ2v) is 13.7. The second-order valence-electron chi connectivity index (χ2n) is 13.7. The van der Waals surface area contributed by atoms with E-state index in [1.807, 2.05) is 55.7 Å². The minimum absolute atomic E-state index is 0.109. The summed E-state index contributed by atoms with van der Waals surface area (Å²) in [6, 6.07) is 8.88. The van der Waals surface area contributed by atoms with Crippen LogP contribution in [0.4, 0.5) is 9.59 Å². The Morgan fingerprint density at radius 1 is 0.978 bits per heavy atom. The largest absolute Gasteiger partial charge is 0.449 e. The molecule has 2 saturated heterocycles.